The highest BCUT2D eigenvalue weighted by Crippen LogP contribution is 2.44. The van der Waals surface area contributed by atoms with Crippen LogP contribution in [0.25, 0.3) is 38.6 Å². The Labute approximate surface area is 217 Å². The highest BCUT2D eigenvalue weighted by molar-refractivity contribution is 6.15. The van der Waals surface area contributed by atoms with Crippen molar-refractivity contribution in [1.82, 2.24) is 14.5 Å². The Bertz CT molecular complexity index is 1780. The van der Waals surface area contributed by atoms with Crippen LogP contribution in [0.3, 0.4) is 0 Å². The fraction of sp³-hybridized carbons (Fsp3) is 0.250. The third-order valence-electron chi connectivity index (χ3n) is 8.45. The summed E-state index contributed by atoms with van der Waals surface area (Å²) in [5.74, 6) is 0.124. The molecule has 0 N–H and O–H groups in total. The zero-order chi connectivity index (χ0) is 26.8. The lowest BCUT2D eigenvalue weighted by Gasteiger charge is -2.17. The number of rotatable bonds is 2. The normalized spacial score (nSPS) is 11.2. The Hall–Kier alpha value is -4.48. The number of nitriles is 2. The quantitative estimate of drug-likeness (QED) is 0.261. The van der Waals surface area contributed by atoms with Gasteiger partial charge in [-0.3, -0.25) is 0 Å². The van der Waals surface area contributed by atoms with Gasteiger partial charge < -0.3 is 4.57 Å². The van der Waals surface area contributed by atoms with Crippen molar-refractivity contribution < 1.29 is 0 Å². The van der Waals surface area contributed by atoms with E-state index in [4.69, 9.17) is 5.26 Å². The molecule has 3 aromatic carbocycles. The van der Waals surface area contributed by atoms with E-state index in [9.17, 15) is 5.26 Å². The predicted molar refractivity (Wildman–Crippen MR) is 149 cm³/mol. The fourth-order valence-corrected chi connectivity index (χ4v) is 5.64. The SMILES string of the molecule is Cc1c(C)c(C)c2c(c1C)c1c(C)c(C)c(C)c(C)c1n2-c1ccc(-c2cnc(C#N)nc2)cc1C#N. The van der Waals surface area contributed by atoms with E-state index in [1.807, 2.05) is 24.3 Å². The number of aromatic nitrogens is 3. The Morgan fingerprint density at radius 2 is 1.08 bits per heavy atom. The number of nitrogens with zero attached hydrogens (tertiary/aromatic N) is 5. The van der Waals surface area contributed by atoms with Crippen LogP contribution in [0.1, 0.15) is 55.9 Å². The molecule has 37 heavy (non-hydrogen) atoms. The molecule has 0 aliphatic rings. The van der Waals surface area contributed by atoms with Crippen molar-refractivity contribution in [2.75, 3.05) is 0 Å². The molecule has 0 saturated heterocycles. The Morgan fingerprint density at radius 3 is 1.54 bits per heavy atom. The second-order valence-corrected chi connectivity index (χ2v) is 10.0. The topological polar surface area (TPSA) is 78.3 Å². The summed E-state index contributed by atoms with van der Waals surface area (Å²) in [7, 11) is 0. The molecule has 2 heterocycles. The van der Waals surface area contributed by atoms with Gasteiger partial charge in [0.1, 0.15) is 12.1 Å². The van der Waals surface area contributed by atoms with E-state index >= 15 is 0 Å². The molecule has 5 heteroatoms. The van der Waals surface area contributed by atoms with E-state index < -0.39 is 0 Å². The minimum absolute atomic E-state index is 0.124. The molecule has 2 aromatic heterocycles. The zero-order valence-electron chi connectivity index (χ0n) is 22.6. The van der Waals surface area contributed by atoms with Crippen molar-refractivity contribution in [2.24, 2.45) is 0 Å². The van der Waals surface area contributed by atoms with Crippen molar-refractivity contribution in [1.29, 1.82) is 10.5 Å². The molecule has 0 fully saturated rings. The minimum Gasteiger partial charge on any atom is -0.307 e. The second-order valence-electron chi connectivity index (χ2n) is 10.0. The Kier molecular flexibility index (Phi) is 5.61. The van der Waals surface area contributed by atoms with E-state index in [0.29, 0.717) is 5.56 Å². The molecule has 0 aliphatic carbocycles. The van der Waals surface area contributed by atoms with Gasteiger partial charge >= 0.3 is 0 Å². The first-order valence-corrected chi connectivity index (χ1v) is 12.4. The van der Waals surface area contributed by atoms with Crippen molar-refractivity contribution >= 4 is 21.8 Å². The highest BCUT2D eigenvalue weighted by atomic mass is 15.0. The summed E-state index contributed by atoms with van der Waals surface area (Å²) in [5, 5.41) is 21.9. The lowest BCUT2D eigenvalue weighted by atomic mass is 9.90. The maximum Gasteiger partial charge on any atom is 0.232 e. The number of fused-ring (bicyclic) bond motifs is 3. The highest BCUT2D eigenvalue weighted by Gasteiger charge is 2.25. The van der Waals surface area contributed by atoms with Gasteiger partial charge in [-0.05, 0) is 118 Å². The van der Waals surface area contributed by atoms with Crippen molar-refractivity contribution in [3.05, 3.63) is 86.5 Å². The lowest BCUT2D eigenvalue weighted by molar-refractivity contribution is 1.11. The fourth-order valence-electron chi connectivity index (χ4n) is 5.64. The average molecular weight is 484 g/mol. The van der Waals surface area contributed by atoms with Gasteiger partial charge in [-0.1, -0.05) is 6.07 Å². The molecule has 5 nitrogen and oxygen atoms in total. The predicted octanol–water partition coefficient (Wildman–Crippen LogP) is 7.45. The molecule has 0 saturated carbocycles. The Morgan fingerprint density at radius 1 is 0.595 bits per heavy atom. The molecule has 0 spiro atoms. The summed E-state index contributed by atoms with van der Waals surface area (Å²) in [6.45, 7) is 17.6. The molecule has 0 amide bonds. The molecule has 0 aliphatic heterocycles. The summed E-state index contributed by atoms with van der Waals surface area (Å²) in [4.78, 5) is 8.20. The van der Waals surface area contributed by atoms with Crippen LogP contribution in [0.2, 0.25) is 0 Å². The van der Waals surface area contributed by atoms with Crippen LogP contribution in [0.5, 0.6) is 0 Å². The smallest absolute Gasteiger partial charge is 0.232 e. The van der Waals surface area contributed by atoms with Crippen molar-refractivity contribution in [3.63, 3.8) is 0 Å². The maximum atomic E-state index is 10.3. The number of benzene rings is 3. The average Bonchev–Trinajstić information content (AvgIpc) is 3.28. The van der Waals surface area contributed by atoms with Crippen LogP contribution in [-0.2, 0) is 0 Å². The van der Waals surface area contributed by atoms with E-state index in [1.165, 1.54) is 55.3 Å². The van der Waals surface area contributed by atoms with Gasteiger partial charge in [0.15, 0.2) is 0 Å². The van der Waals surface area contributed by atoms with Gasteiger partial charge in [-0.15, -0.1) is 0 Å². The van der Waals surface area contributed by atoms with Gasteiger partial charge in [-0.25, -0.2) is 9.97 Å². The summed E-state index contributed by atoms with van der Waals surface area (Å²) in [5.41, 5.74) is 15.6. The Balaban J connectivity index is 1.95. The molecule has 0 unspecified atom stereocenters. The van der Waals surface area contributed by atoms with E-state index in [1.54, 1.807) is 12.4 Å². The number of hydrogen-bond acceptors (Lipinski definition) is 4. The summed E-state index contributed by atoms with van der Waals surface area (Å²) in [6.07, 6.45) is 3.25. The molecule has 0 radical (unpaired) electrons. The molecule has 5 aromatic rings. The van der Waals surface area contributed by atoms with Crippen LogP contribution >= 0.6 is 0 Å². The summed E-state index contributed by atoms with van der Waals surface area (Å²) < 4.78 is 2.31. The van der Waals surface area contributed by atoms with Gasteiger partial charge in [-0.2, -0.15) is 10.5 Å². The summed E-state index contributed by atoms with van der Waals surface area (Å²) >= 11 is 0. The van der Waals surface area contributed by atoms with Gasteiger partial charge in [0.2, 0.25) is 5.82 Å². The monoisotopic (exact) mass is 483 g/mol. The van der Waals surface area contributed by atoms with Crippen LogP contribution in [0.4, 0.5) is 0 Å². The second kappa shape index (κ2) is 8.57. The van der Waals surface area contributed by atoms with Gasteiger partial charge in [0.05, 0.1) is 22.3 Å². The summed E-state index contributed by atoms with van der Waals surface area (Å²) in [6, 6.07) is 10.3. The number of aryl methyl sites for hydroxylation is 4. The van der Waals surface area contributed by atoms with Crippen molar-refractivity contribution in [2.45, 2.75) is 55.4 Å². The number of hydrogen-bond donors (Lipinski definition) is 0. The first kappa shape index (κ1) is 24.2. The molecular formula is C32H29N5. The largest absolute Gasteiger partial charge is 0.307 e. The lowest BCUT2D eigenvalue weighted by Crippen LogP contribution is -2.03. The zero-order valence-corrected chi connectivity index (χ0v) is 22.6. The minimum atomic E-state index is 0.124. The van der Waals surface area contributed by atoms with E-state index in [0.717, 1.165) is 27.8 Å². The van der Waals surface area contributed by atoms with Crippen LogP contribution in [-0.4, -0.2) is 14.5 Å². The van der Waals surface area contributed by atoms with Gasteiger partial charge in [0, 0.05) is 28.7 Å². The molecule has 182 valence electrons. The first-order valence-electron chi connectivity index (χ1n) is 12.4. The third kappa shape index (κ3) is 3.35. The van der Waals surface area contributed by atoms with E-state index in [-0.39, 0.29) is 5.82 Å². The first-order chi connectivity index (χ1) is 17.6. The molecule has 0 bridgehead atoms. The molecule has 5 rings (SSSR count). The molecular weight excluding hydrogens is 454 g/mol. The van der Waals surface area contributed by atoms with Crippen LogP contribution in [0, 0.1) is 78.1 Å². The van der Waals surface area contributed by atoms with Gasteiger partial charge in [0.25, 0.3) is 0 Å². The molecule has 0 atom stereocenters. The standard InChI is InChI=1S/C32H29N5/c1-16-18(3)22(7)31-29(20(16)5)30-21(6)17(2)19(4)23(8)32(30)37(31)27-10-9-24(11-25(27)12-33)26-14-35-28(13-34)36-15-26/h9-11,14-15H,1-8H3. The van der Waals surface area contributed by atoms with Crippen LogP contribution < -0.4 is 0 Å². The third-order valence-corrected chi connectivity index (χ3v) is 8.45. The maximum absolute atomic E-state index is 10.3. The van der Waals surface area contributed by atoms with Crippen molar-refractivity contribution in [3.8, 4) is 29.0 Å². The van der Waals surface area contributed by atoms with E-state index in [2.05, 4.69) is 76.0 Å². The van der Waals surface area contributed by atoms with Crippen LogP contribution in [0.15, 0.2) is 30.6 Å².